The van der Waals surface area contributed by atoms with E-state index in [1.54, 1.807) is 17.0 Å². The summed E-state index contributed by atoms with van der Waals surface area (Å²) in [6, 6.07) is 6.18. The highest BCUT2D eigenvalue weighted by molar-refractivity contribution is 7.90. The molecule has 1 aromatic carbocycles. The predicted octanol–water partition coefficient (Wildman–Crippen LogP) is 0.201. The summed E-state index contributed by atoms with van der Waals surface area (Å²) < 4.78 is 48.7. The Morgan fingerprint density at radius 2 is 1.59 bits per heavy atom. The fourth-order valence-corrected chi connectivity index (χ4v) is 5.49. The molecule has 162 valence electrons. The van der Waals surface area contributed by atoms with E-state index in [0.717, 1.165) is 37.8 Å². The van der Waals surface area contributed by atoms with E-state index in [1.165, 1.54) is 22.7 Å². The number of sulfone groups is 1. The minimum atomic E-state index is -3.30. The van der Waals surface area contributed by atoms with Crippen molar-refractivity contribution < 1.29 is 21.6 Å². The summed E-state index contributed by atoms with van der Waals surface area (Å²) in [5, 5.41) is 0. The van der Waals surface area contributed by atoms with E-state index in [-0.39, 0.29) is 23.3 Å². The van der Waals surface area contributed by atoms with E-state index < -0.39 is 19.9 Å². The number of carbonyl (C=O) groups is 1. The average Bonchev–Trinajstić information content (AvgIpc) is 3.13. The molecule has 10 heteroatoms. The van der Waals surface area contributed by atoms with Gasteiger partial charge in [0.15, 0.2) is 9.84 Å². The second-order valence-corrected chi connectivity index (χ2v) is 12.0. The van der Waals surface area contributed by atoms with Crippen molar-refractivity contribution in [1.82, 2.24) is 14.1 Å². The van der Waals surface area contributed by atoms with Gasteiger partial charge < -0.3 is 9.80 Å². The Balaban J connectivity index is 1.72. The minimum Gasteiger partial charge on any atom is -0.335 e. The topological polar surface area (TPSA) is 95.1 Å². The molecule has 0 radical (unpaired) electrons. The molecule has 0 aliphatic carbocycles. The average molecular weight is 444 g/mol. The predicted molar refractivity (Wildman–Crippen MR) is 111 cm³/mol. The highest BCUT2D eigenvalue weighted by Crippen LogP contribution is 2.19. The van der Waals surface area contributed by atoms with Crippen molar-refractivity contribution in [3.8, 4) is 0 Å². The van der Waals surface area contributed by atoms with Crippen molar-refractivity contribution in [3.63, 3.8) is 0 Å². The Kier molecular flexibility index (Phi) is 6.67. The van der Waals surface area contributed by atoms with Gasteiger partial charge in [0, 0.05) is 32.4 Å². The number of hydrogen-bond acceptors (Lipinski definition) is 6. The zero-order valence-corrected chi connectivity index (χ0v) is 18.6. The van der Waals surface area contributed by atoms with Crippen LogP contribution >= 0.6 is 0 Å². The number of hydrogen-bond donors (Lipinski definition) is 0. The summed E-state index contributed by atoms with van der Waals surface area (Å²) in [5.74, 6) is -0.0607. The Hall–Kier alpha value is -1.49. The molecular formula is C19H29N3O5S2. The lowest BCUT2D eigenvalue weighted by atomic mass is 10.1. The molecule has 2 aliphatic heterocycles. The SMILES string of the molecule is CS(=O)(=O)c1ccc(CC(=O)N2CCN(S(C)(=O)=O)CC2CN2CCCC2)cc1. The molecule has 2 saturated heterocycles. The smallest absolute Gasteiger partial charge is 0.227 e. The summed E-state index contributed by atoms with van der Waals surface area (Å²) >= 11 is 0. The zero-order chi connectivity index (χ0) is 21.2. The standard InChI is InChI=1S/C19H29N3O5S2/c1-28(24,25)18-7-5-16(6-8-18)13-19(23)22-12-11-21(29(2,26)27)15-17(22)14-20-9-3-4-10-20/h5-8,17H,3-4,9-15H2,1-2H3. The molecule has 0 aromatic heterocycles. The molecule has 0 bridgehead atoms. The van der Waals surface area contributed by atoms with Crippen LogP contribution in [-0.2, 0) is 31.1 Å². The highest BCUT2D eigenvalue weighted by Gasteiger charge is 2.35. The van der Waals surface area contributed by atoms with Crippen molar-refractivity contribution in [2.24, 2.45) is 0 Å². The maximum absolute atomic E-state index is 13.0. The van der Waals surface area contributed by atoms with E-state index >= 15 is 0 Å². The van der Waals surface area contributed by atoms with Crippen LogP contribution in [0.3, 0.4) is 0 Å². The van der Waals surface area contributed by atoms with Crippen LogP contribution < -0.4 is 0 Å². The van der Waals surface area contributed by atoms with Crippen LogP contribution in [-0.4, -0.2) is 94.7 Å². The molecule has 0 N–H and O–H groups in total. The van der Waals surface area contributed by atoms with Crippen LogP contribution in [0.1, 0.15) is 18.4 Å². The van der Waals surface area contributed by atoms with Crippen LogP contribution in [0.4, 0.5) is 0 Å². The molecule has 8 nitrogen and oxygen atoms in total. The van der Waals surface area contributed by atoms with Crippen molar-refractivity contribution in [2.75, 3.05) is 51.8 Å². The minimum absolute atomic E-state index is 0.0607. The van der Waals surface area contributed by atoms with Crippen molar-refractivity contribution in [1.29, 1.82) is 0 Å². The van der Waals surface area contributed by atoms with Gasteiger partial charge in [0.25, 0.3) is 0 Å². The van der Waals surface area contributed by atoms with Gasteiger partial charge in [-0.1, -0.05) is 12.1 Å². The van der Waals surface area contributed by atoms with Crippen LogP contribution in [0.15, 0.2) is 29.2 Å². The van der Waals surface area contributed by atoms with Crippen molar-refractivity contribution >= 4 is 25.8 Å². The lowest BCUT2D eigenvalue weighted by molar-refractivity contribution is -0.135. The lowest BCUT2D eigenvalue weighted by Crippen LogP contribution is -2.59. The van der Waals surface area contributed by atoms with E-state index in [0.29, 0.717) is 26.2 Å². The van der Waals surface area contributed by atoms with Gasteiger partial charge in [-0.05, 0) is 43.6 Å². The molecule has 1 unspecified atom stereocenters. The number of carbonyl (C=O) groups excluding carboxylic acids is 1. The first kappa shape index (κ1) is 22.2. The molecule has 2 heterocycles. The second-order valence-electron chi connectivity index (χ2n) is 7.96. The third-order valence-corrected chi connectivity index (χ3v) is 8.01. The third-order valence-electron chi connectivity index (χ3n) is 5.61. The normalized spacial score (nSPS) is 22.1. The lowest BCUT2D eigenvalue weighted by Gasteiger charge is -2.42. The maximum atomic E-state index is 13.0. The molecule has 3 rings (SSSR count). The van der Waals surface area contributed by atoms with Gasteiger partial charge in [0.1, 0.15) is 0 Å². The van der Waals surface area contributed by atoms with Gasteiger partial charge in [0.2, 0.25) is 15.9 Å². The first-order valence-electron chi connectivity index (χ1n) is 9.80. The molecule has 0 saturated carbocycles. The van der Waals surface area contributed by atoms with Gasteiger partial charge in [-0.25, -0.2) is 16.8 Å². The molecule has 29 heavy (non-hydrogen) atoms. The Labute approximate surface area is 173 Å². The van der Waals surface area contributed by atoms with Crippen LogP contribution in [0.5, 0.6) is 0 Å². The first-order valence-corrected chi connectivity index (χ1v) is 13.5. The Morgan fingerprint density at radius 3 is 2.14 bits per heavy atom. The van der Waals surface area contributed by atoms with Gasteiger partial charge in [-0.15, -0.1) is 0 Å². The molecule has 1 aromatic rings. The number of piperazine rings is 1. The van der Waals surface area contributed by atoms with Gasteiger partial charge >= 0.3 is 0 Å². The fourth-order valence-electron chi connectivity index (χ4n) is 4.01. The number of benzene rings is 1. The third kappa shape index (κ3) is 5.78. The van der Waals surface area contributed by atoms with Gasteiger partial charge in [0.05, 0.1) is 23.6 Å². The van der Waals surface area contributed by atoms with E-state index in [1.807, 2.05) is 0 Å². The first-order chi connectivity index (χ1) is 13.5. The van der Waals surface area contributed by atoms with E-state index in [9.17, 15) is 21.6 Å². The molecule has 2 fully saturated rings. The highest BCUT2D eigenvalue weighted by atomic mass is 32.2. The van der Waals surface area contributed by atoms with Gasteiger partial charge in [-0.2, -0.15) is 4.31 Å². The van der Waals surface area contributed by atoms with Crippen molar-refractivity contribution in [2.45, 2.75) is 30.2 Å². The Morgan fingerprint density at radius 1 is 0.966 bits per heavy atom. The summed E-state index contributed by atoms with van der Waals surface area (Å²) in [5.41, 5.74) is 0.743. The molecule has 1 atom stereocenters. The zero-order valence-electron chi connectivity index (χ0n) is 17.0. The summed E-state index contributed by atoms with van der Waals surface area (Å²) in [6.45, 7) is 3.60. The Bertz CT molecular complexity index is 939. The maximum Gasteiger partial charge on any atom is 0.227 e. The number of sulfonamides is 1. The van der Waals surface area contributed by atoms with Crippen LogP contribution in [0.2, 0.25) is 0 Å². The quantitative estimate of drug-likeness (QED) is 0.623. The summed E-state index contributed by atoms with van der Waals surface area (Å²) in [4.78, 5) is 17.3. The van der Waals surface area contributed by atoms with Crippen LogP contribution in [0, 0.1) is 0 Å². The number of likely N-dealkylation sites (tertiary alicyclic amines) is 1. The second kappa shape index (κ2) is 8.71. The summed E-state index contributed by atoms with van der Waals surface area (Å²) in [7, 11) is -6.57. The van der Waals surface area contributed by atoms with E-state index in [4.69, 9.17) is 0 Å². The fraction of sp³-hybridized carbons (Fsp3) is 0.632. The number of rotatable bonds is 6. The van der Waals surface area contributed by atoms with Crippen LogP contribution in [0.25, 0.3) is 0 Å². The summed E-state index contributed by atoms with van der Waals surface area (Å²) in [6.07, 6.45) is 4.78. The molecule has 2 aliphatic rings. The molecular weight excluding hydrogens is 414 g/mol. The molecule has 1 amide bonds. The number of nitrogens with zero attached hydrogens (tertiary/aromatic N) is 3. The van der Waals surface area contributed by atoms with Gasteiger partial charge in [-0.3, -0.25) is 4.79 Å². The largest absolute Gasteiger partial charge is 0.335 e. The molecule has 0 spiro atoms. The monoisotopic (exact) mass is 443 g/mol. The van der Waals surface area contributed by atoms with E-state index in [2.05, 4.69) is 4.90 Å². The van der Waals surface area contributed by atoms with Crippen molar-refractivity contribution in [3.05, 3.63) is 29.8 Å². The number of amides is 1.